The topological polar surface area (TPSA) is 77.0 Å². The van der Waals surface area contributed by atoms with Crippen LogP contribution < -0.4 is 19.5 Å². The molecule has 3 rings (SSSR count). The van der Waals surface area contributed by atoms with Crippen molar-refractivity contribution in [2.24, 2.45) is 0 Å². The van der Waals surface area contributed by atoms with Gasteiger partial charge in [0.25, 0.3) is 0 Å². The van der Waals surface area contributed by atoms with Crippen LogP contribution in [0, 0.1) is 0 Å². The summed E-state index contributed by atoms with van der Waals surface area (Å²) in [6, 6.07) is 13.7. The largest absolute Gasteiger partial charge is 0.495 e. The summed E-state index contributed by atoms with van der Waals surface area (Å²) in [5.74, 6) is 0.614. The normalized spacial score (nSPS) is 10.6. The fourth-order valence-electron chi connectivity index (χ4n) is 3.12. The summed E-state index contributed by atoms with van der Waals surface area (Å²) < 4.78 is 17.9. The van der Waals surface area contributed by atoms with Gasteiger partial charge < -0.3 is 24.6 Å². The lowest BCUT2D eigenvalue weighted by Gasteiger charge is -2.17. The molecule has 174 valence electrons. The van der Waals surface area contributed by atoms with Gasteiger partial charge in [-0.05, 0) is 70.9 Å². The predicted molar refractivity (Wildman–Crippen MR) is 133 cm³/mol. The number of rotatable bonds is 10. The van der Waals surface area contributed by atoms with Crippen LogP contribution in [-0.4, -0.2) is 24.8 Å². The molecule has 0 aliphatic carbocycles. The zero-order chi connectivity index (χ0) is 24.0. The minimum absolute atomic E-state index is 0.163. The molecule has 3 aromatic rings. The minimum Gasteiger partial charge on any atom is -0.495 e. The Labute approximate surface area is 210 Å². The second-order valence-corrected chi connectivity index (χ2v) is 8.57. The first kappa shape index (κ1) is 25.0. The highest BCUT2D eigenvalue weighted by Gasteiger charge is 2.15. The molecule has 0 aliphatic rings. The molecule has 0 unspecified atom stereocenters. The number of anilines is 1. The third-order valence-corrected chi connectivity index (χ3v) is 6.02. The molecular formula is C24H22BrCl2NO5. The average Bonchev–Trinajstić information content (AvgIpc) is 2.78. The van der Waals surface area contributed by atoms with E-state index in [1.807, 2.05) is 19.1 Å². The molecule has 6 nitrogen and oxygen atoms in total. The van der Waals surface area contributed by atoms with E-state index in [9.17, 15) is 9.90 Å². The van der Waals surface area contributed by atoms with Crippen molar-refractivity contribution >= 4 is 50.8 Å². The number of carboxylic acids is 1. The number of halogens is 3. The molecule has 0 saturated heterocycles. The van der Waals surface area contributed by atoms with Crippen LogP contribution >= 0.6 is 39.1 Å². The molecule has 0 heterocycles. The Morgan fingerprint density at radius 3 is 2.42 bits per heavy atom. The maximum absolute atomic E-state index is 11.3. The number of ether oxygens (including phenoxy) is 3. The number of benzene rings is 3. The molecule has 9 heteroatoms. The maximum atomic E-state index is 11.3. The van der Waals surface area contributed by atoms with Gasteiger partial charge in [-0.2, -0.15) is 0 Å². The van der Waals surface area contributed by atoms with Gasteiger partial charge in [0.1, 0.15) is 12.4 Å². The zero-order valence-electron chi connectivity index (χ0n) is 18.0. The zero-order valence-corrected chi connectivity index (χ0v) is 21.1. The number of carbonyl (C=O) groups is 1. The Kier molecular flexibility index (Phi) is 8.72. The lowest BCUT2D eigenvalue weighted by molar-refractivity contribution is 0.0697. The second kappa shape index (κ2) is 11.5. The van der Waals surface area contributed by atoms with Crippen molar-refractivity contribution in [3.8, 4) is 17.2 Å². The molecular weight excluding hydrogens is 533 g/mol. The molecule has 0 aliphatic heterocycles. The van der Waals surface area contributed by atoms with E-state index in [2.05, 4.69) is 21.2 Å². The van der Waals surface area contributed by atoms with Gasteiger partial charge in [0, 0.05) is 22.2 Å². The van der Waals surface area contributed by atoms with Gasteiger partial charge in [-0.3, -0.25) is 0 Å². The highest BCUT2D eigenvalue weighted by molar-refractivity contribution is 9.10. The molecule has 33 heavy (non-hydrogen) atoms. The van der Waals surface area contributed by atoms with Crippen molar-refractivity contribution in [2.45, 2.75) is 20.1 Å². The predicted octanol–water partition coefficient (Wildman–Crippen LogP) is 7.05. The Balaban J connectivity index is 1.82. The Morgan fingerprint density at radius 2 is 1.79 bits per heavy atom. The summed E-state index contributed by atoms with van der Waals surface area (Å²) in [4.78, 5) is 11.3. The molecule has 0 aromatic heterocycles. The van der Waals surface area contributed by atoms with Gasteiger partial charge >= 0.3 is 5.97 Å². The second-order valence-electron chi connectivity index (χ2n) is 6.90. The van der Waals surface area contributed by atoms with Crippen LogP contribution in [0.25, 0.3) is 0 Å². The van der Waals surface area contributed by atoms with Gasteiger partial charge in [-0.25, -0.2) is 4.79 Å². The standard InChI is InChI=1S/C24H22BrCl2NO5/c1-3-32-22-10-14(12-28-20-11-15(24(29)30)7-8-21(20)31-2)9-17(25)23(22)33-13-16-18(26)5-4-6-19(16)27/h4-11,28H,3,12-13H2,1-2H3,(H,29,30). The van der Waals surface area contributed by atoms with Gasteiger partial charge in [0.15, 0.2) is 11.5 Å². The van der Waals surface area contributed by atoms with Crippen LogP contribution in [0.4, 0.5) is 5.69 Å². The van der Waals surface area contributed by atoms with Crippen molar-refractivity contribution < 1.29 is 24.1 Å². The number of aromatic carboxylic acids is 1. The van der Waals surface area contributed by atoms with E-state index in [1.165, 1.54) is 19.2 Å². The SMILES string of the molecule is CCOc1cc(CNc2cc(C(=O)O)ccc2OC)cc(Br)c1OCc1c(Cl)cccc1Cl. The fourth-order valence-corrected chi connectivity index (χ4v) is 4.23. The van der Waals surface area contributed by atoms with Crippen molar-refractivity contribution in [1.82, 2.24) is 0 Å². The highest BCUT2D eigenvalue weighted by Crippen LogP contribution is 2.39. The minimum atomic E-state index is -1.01. The number of hydrogen-bond donors (Lipinski definition) is 2. The van der Waals surface area contributed by atoms with Crippen LogP contribution in [0.1, 0.15) is 28.4 Å². The molecule has 2 N–H and O–H groups in total. The van der Waals surface area contributed by atoms with Crippen LogP contribution in [0.2, 0.25) is 10.0 Å². The van der Waals surface area contributed by atoms with Crippen LogP contribution in [0.5, 0.6) is 17.2 Å². The van der Waals surface area contributed by atoms with E-state index in [-0.39, 0.29) is 12.2 Å². The van der Waals surface area contributed by atoms with E-state index in [4.69, 9.17) is 37.4 Å². The Morgan fingerprint density at radius 1 is 1.06 bits per heavy atom. The average molecular weight is 555 g/mol. The van der Waals surface area contributed by atoms with Gasteiger partial charge in [-0.15, -0.1) is 0 Å². The quantitative estimate of drug-likeness (QED) is 0.279. The molecule has 0 amide bonds. The Hall–Kier alpha value is -2.61. The van der Waals surface area contributed by atoms with Gasteiger partial charge in [-0.1, -0.05) is 29.3 Å². The summed E-state index contributed by atoms with van der Waals surface area (Å²) in [7, 11) is 1.53. The third-order valence-electron chi connectivity index (χ3n) is 4.72. The molecule has 0 spiro atoms. The molecule has 0 saturated carbocycles. The Bertz CT molecular complexity index is 1140. The van der Waals surface area contributed by atoms with Crippen LogP contribution in [0.15, 0.2) is 53.0 Å². The van der Waals surface area contributed by atoms with Crippen molar-refractivity contribution in [1.29, 1.82) is 0 Å². The van der Waals surface area contributed by atoms with Crippen LogP contribution in [0.3, 0.4) is 0 Å². The molecule has 0 atom stereocenters. The maximum Gasteiger partial charge on any atom is 0.335 e. The smallest absolute Gasteiger partial charge is 0.335 e. The summed E-state index contributed by atoms with van der Waals surface area (Å²) in [5.41, 5.74) is 2.30. The number of nitrogens with one attached hydrogen (secondary N) is 1. The lowest BCUT2D eigenvalue weighted by Crippen LogP contribution is -2.06. The lowest BCUT2D eigenvalue weighted by atomic mass is 10.1. The van der Waals surface area contributed by atoms with E-state index < -0.39 is 5.97 Å². The van der Waals surface area contributed by atoms with E-state index in [0.29, 0.717) is 56.2 Å². The summed E-state index contributed by atoms with van der Waals surface area (Å²) in [6.45, 7) is 2.90. The molecule has 0 bridgehead atoms. The van der Waals surface area contributed by atoms with E-state index in [1.54, 1.807) is 24.3 Å². The monoisotopic (exact) mass is 553 g/mol. The van der Waals surface area contributed by atoms with E-state index >= 15 is 0 Å². The van der Waals surface area contributed by atoms with E-state index in [0.717, 1.165) is 5.56 Å². The van der Waals surface area contributed by atoms with Crippen molar-refractivity contribution in [2.75, 3.05) is 19.0 Å². The number of hydrogen-bond acceptors (Lipinski definition) is 5. The molecule has 0 fully saturated rings. The number of carboxylic acid groups (broad SMARTS) is 1. The van der Waals surface area contributed by atoms with Crippen molar-refractivity contribution in [3.63, 3.8) is 0 Å². The number of methoxy groups -OCH3 is 1. The van der Waals surface area contributed by atoms with Gasteiger partial charge in [0.05, 0.1) is 29.4 Å². The fraction of sp³-hybridized carbons (Fsp3) is 0.208. The third kappa shape index (κ3) is 6.25. The summed E-state index contributed by atoms with van der Waals surface area (Å²) in [6.07, 6.45) is 0. The van der Waals surface area contributed by atoms with Crippen molar-refractivity contribution in [3.05, 3.63) is 79.7 Å². The van der Waals surface area contributed by atoms with Gasteiger partial charge in [0.2, 0.25) is 0 Å². The highest BCUT2D eigenvalue weighted by atomic mass is 79.9. The first-order chi connectivity index (χ1) is 15.8. The molecule has 0 radical (unpaired) electrons. The van der Waals surface area contributed by atoms with Crippen LogP contribution in [-0.2, 0) is 13.2 Å². The summed E-state index contributed by atoms with van der Waals surface area (Å²) >= 11 is 16.1. The first-order valence-corrected chi connectivity index (χ1v) is 11.5. The first-order valence-electron chi connectivity index (χ1n) is 10.00. The molecule has 3 aromatic carbocycles. The summed E-state index contributed by atoms with van der Waals surface area (Å²) in [5, 5.41) is 13.5.